The first-order valence-corrected chi connectivity index (χ1v) is 7.86. The summed E-state index contributed by atoms with van der Waals surface area (Å²) in [5.74, 6) is 0.426. The summed E-state index contributed by atoms with van der Waals surface area (Å²) < 4.78 is 5.44. The summed E-state index contributed by atoms with van der Waals surface area (Å²) in [5.41, 5.74) is 6.14. The average Bonchev–Trinajstić information content (AvgIpc) is 2.46. The molecule has 0 aromatic heterocycles. The maximum absolute atomic E-state index is 11.8. The number of benzene rings is 1. The Balaban J connectivity index is 1.83. The highest BCUT2D eigenvalue weighted by molar-refractivity contribution is 7.80. The normalized spacial score (nSPS) is 15.5. The maximum atomic E-state index is 11.8. The number of rotatable bonds is 5. The van der Waals surface area contributed by atoms with Crippen LogP contribution >= 0.6 is 23.8 Å². The molecular weight excluding hydrogens is 308 g/mol. The van der Waals surface area contributed by atoms with Gasteiger partial charge in [-0.25, -0.2) is 0 Å². The van der Waals surface area contributed by atoms with E-state index in [9.17, 15) is 4.79 Å². The van der Waals surface area contributed by atoms with Gasteiger partial charge in [-0.3, -0.25) is 4.79 Å². The fourth-order valence-electron chi connectivity index (χ4n) is 2.45. The molecule has 114 valence electrons. The molecule has 1 aromatic rings. The van der Waals surface area contributed by atoms with Gasteiger partial charge in [0.1, 0.15) is 10.7 Å². The minimum Gasteiger partial charge on any atom is -0.484 e. The van der Waals surface area contributed by atoms with Crippen LogP contribution in [0.4, 0.5) is 0 Å². The summed E-state index contributed by atoms with van der Waals surface area (Å²) in [6, 6.07) is 5.30. The third-order valence-corrected chi connectivity index (χ3v) is 4.08. The standard InChI is InChI=1S/C15H19ClN2O2S/c16-13-8-11(6-7-12(13)15(17)21)20-9-14(19)18-10-4-2-1-3-5-10/h6-8,10H,1-5,9H2,(H2,17,21)(H,18,19). The number of ether oxygens (including phenoxy) is 1. The number of amides is 1. The van der Waals surface area contributed by atoms with Crippen molar-refractivity contribution in [3.63, 3.8) is 0 Å². The molecule has 4 nitrogen and oxygen atoms in total. The van der Waals surface area contributed by atoms with Crippen molar-refractivity contribution < 1.29 is 9.53 Å². The zero-order chi connectivity index (χ0) is 15.2. The summed E-state index contributed by atoms with van der Waals surface area (Å²) in [7, 11) is 0. The quantitative estimate of drug-likeness (QED) is 0.817. The molecule has 0 unspecified atom stereocenters. The number of carbonyl (C=O) groups is 1. The lowest BCUT2D eigenvalue weighted by molar-refractivity contribution is -0.124. The van der Waals surface area contributed by atoms with Crippen molar-refractivity contribution in [3.8, 4) is 5.75 Å². The van der Waals surface area contributed by atoms with Crippen LogP contribution in [0, 0.1) is 0 Å². The highest BCUT2D eigenvalue weighted by atomic mass is 35.5. The molecule has 2 rings (SSSR count). The minimum absolute atomic E-state index is 0.0146. The molecule has 0 saturated heterocycles. The van der Waals surface area contributed by atoms with Crippen molar-refractivity contribution in [2.75, 3.05) is 6.61 Å². The zero-order valence-electron chi connectivity index (χ0n) is 11.7. The molecule has 1 aliphatic carbocycles. The molecule has 0 spiro atoms. The second-order valence-electron chi connectivity index (χ2n) is 5.20. The van der Waals surface area contributed by atoms with Crippen molar-refractivity contribution in [1.82, 2.24) is 5.32 Å². The molecule has 0 bridgehead atoms. The monoisotopic (exact) mass is 326 g/mol. The van der Waals surface area contributed by atoms with E-state index in [-0.39, 0.29) is 23.5 Å². The van der Waals surface area contributed by atoms with E-state index in [1.54, 1.807) is 18.2 Å². The van der Waals surface area contributed by atoms with Gasteiger partial charge >= 0.3 is 0 Å². The first-order valence-electron chi connectivity index (χ1n) is 7.08. The van der Waals surface area contributed by atoms with Crippen molar-refractivity contribution in [2.45, 2.75) is 38.1 Å². The van der Waals surface area contributed by atoms with Crippen molar-refractivity contribution in [2.24, 2.45) is 5.73 Å². The molecule has 1 saturated carbocycles. The van der Waals surface area contributed by atoms with Gasteiger partial charge < -0.3 is 15.8 Å². The lowest BCUT2D eigenvalue weighted by Gasteiger charge is -2.22. The van der Waals surface area contributed by atoms with E-state index in [1.807, 2.05) is 0 Å². The molecule has 3 N–H and O–H groups in total. The number of nitrogens with one attached hydrogen (secondary N) is 1. The molecule has 0 radical (unpaired) electrons. The van der Waals surface area contributed by atoms with Crippen molar-refractivity contribution in [3.05, 3.63) is 28.8 Å². The van der Waals surface area contributed by atoms with Gasteiger partial charge in [-0.05, 0) is 31.0 Å². The Kier molecular flexibility index (Phi) is 5.82. The van der Waals surface area contributed by atoms with E-state index in [1.165, 1.54) is 19.3 Å². The zero-order valence-corrected chi connectivity index (χ0v) is 13.3. The molecule has 1 aliphatic rings. The van der Waals surface area contributed by atoms with Crippen LogP contribution in [0.15, 0.2) is 18.2 Å². The predicted octanol–water partition coefficient (Wildman–Crippen LogP) is 2.80. The fourth-order valence-corrected chi connectivity index (χ4v) is 2.96. The molecule has 1 amide bonds. The van der Waals surface area contributed by atoms with E-state index in [0.717, 1.165) is 12.8 Å². The smallest absolute Gasteiger partial charge is 0.258 e. The number of carbonyl (C=O) groups excluding carboxylic acids is 1. The van der Waals surface area contributed by atoms with Gasteiger partial charge in [0, 0.05) is 11.6 Å². The maximum Gasteiger partial charge on any atom is 0.258 e. The van der Waals surface area contributed by atoms with Gasteiger partial charge in [0.15, 0.2) is 6.61 Å². The lowest BCUT2D eigenvalue weighted by Crippen LogP contribution is -2.38. The summed E-state index contributed by atoms with van der Waals surface area (Å²) in [6.45, 7) is -0.0146. The molecule has 0 aliphatic heterocycles. The van der Waals surface area contributed by atoms with Crippen molar-refractivity contribution >= 4 is 34.7 Å². The lowest BCUT2D eigenvalue weighted by atomic mass is 9.95. The van der Waals surface area contributed by atoms with Crippen LogP contribution in [0.2, 0.25) is 5.02 Å². The number of hydrogen-bond acceptors (Lipinski definition) is 3. The highest BCUT2D eigenvalue weighted by Crippen LogP contribution is 2.22. The Morgan fingerprint density at radius 3 is 2.71 bits per heavy atom. The first kappa shape index (κ1) is 16.0. The van der Waals surface area contributed by atoms with Crippen LogP contribution in [0.5, 0.6) is 5.75 Å². The average molecular weight is 327 g/mol. The summed E-state index contributed by atoms with van der Waals surface area (Å²) in [5, 5.41) is 3.42. The summed E-state index contributed by atoms with van der Waals surface area (Å²) in [4.78, 5) is 12.1. The van der Waals surface area contributed by atoms with Crippen LogP contribution in [0.1, 0.15) is 37.7 Å². The number of hydrogen-bond donors (Lipinski definition) is 2. The topological polar surface area (TPSA) is 64.3 Å². The number of nitrogens with two attached hydrogens (primary N) is 1. The molecule has 21 heavy (non-hydrogen) atoms. The van der Waals surface area contributed by atoms with E-state index in [2.05, 4.69) is 5.32 Å². The van der Waals surface area contributed by atoms with Crippen LogP contribution in [0.25, 0.3) is 0 Å². The van der Waals surface area contributed by atoms with Gasteiger partial charge in [0.25, 0.3) is 5.91 Å². The Bertz CT molecular complexity index is 530. The fraction of sp³-hybridized carbons (Fsp3) is 0.467. The van der Waals surface area contributed by atoms with Crippen molar-refractivity contribution in [1.29, 1.82) is 0 Å². The largest absolute Gasteiger partial charge is 0.484 e. The second kappa shape index (κ2) is 7.61. The Hall–Kier alpha value is -1.33. The Morgan fingerprint density at radius 2 is 2.10 bits per heavy atom. The predicted molar refractivity (Wildman–Crippen MR) is 87.9 cm³/mol. The van der Waals surface area contributed by atoms with E-state index in [0.29, 0.717) is 16.3 Å². The molecular formula is C15H19ClN2O2S. The molecule has 6 heteroatoms. The molecule has 1 aromatic carbocycles. The third-order valence-electron chi connectivity index (χ3n) is 3.55. The van der Waals surface area contributed by atoms with E-state index >= 15 is 0 Å². The van der Waals surface area contributed by atoms with Gasteiger partial charge in [-0.2, -0.15) is 0 Å². The van der Waals surface area contributed by atoms with E-state index in [4.69, 9.17) is 34.3 Å². The van der Waals surface area contributed by atoms with Gasteiger partial charge in [-0.15, -0.1) is 0 Å². The van der Waals surface area contributed by atoms with Crippen LogP contribution < -0.4 is 15.8 Å². The number of halogens is 1. The van der Waals surface area contributed by atoms with Gasteiger partial charge in [0.2, 0.25) is 0 Å². The van der Waals surface area contributed by atoms with Crippen LogP contribution in [-0.4, -0.2) is 23.5 Å². The van der Waals surface area contributed by atoms with Gasteiger partial charge in [-0.1, -0.05) is 43.1 Å². The third kappa shape index (κ3) is 4.86. The Morgan fingerprint density at radius 1 is 1.38 bits per heavy atom. The highest BCUT2D eigenvalue weighted by Gasteiger charge is 2.16. The molecule has 0 atom stereocenters. The summed E-state index contributed by atoms with van der Waals surface area (Å²) >= 11 is 10.9. The Labute approximate surface area is 135 Å². The minimum atomic E-state index is -0.101. The van der Waals surface area contributed by atoms with E-state index < -0.39 is 0 Å². The summed E-state index contributed by atoms with van der Waals surface area (Å²) in [6.07, 6.45) is 5.74. The number of thiocarbonyl (C=S) groups is 1. The van der Waals surface area contributed by atoms with Gasteiger partial charge in [0.05, 0.1) is 5.02 Å². The molecule has 0 heterocycles. The van der Waals surface area contributed by atoms with Crippen LogP contribution in [0.3, 0.4) is 0 Å². The van der Waals surface area contributed by atoms with Crippen LogP contribution in [-0.2, 0) is 4.79 Å². The first-order chi connectivity index (χ1) is 10.1. The SMILES string of the molecule is NC(=S)c1ccc(OCC(=O)NC2CCCCC2)cc1Cl. The second-order valence-corrected chi connectivity index (χ2v) is 6.04. The molecule has 1 fully saturated rings.